The van der Waals surface area contributed by atoms with E-state index in [4.69, 9.17) is 25.2 Å². The average molecular weight is 1020 g/mol. The fourth-order valence-electron chi connectivity index (χ4n) is 7.82. The van der Waals surface area contributed by atoms with Crippen LogP contribution >= 0.6 is 0 Å². The van der Waals surface area contributed by atoms with Crippen molar-refractivity contribution in [2.75, 3.05) is 30.1 Å². The lowest BCUT2D eigenvalue weighted by atomic mass is 10.1. The Kier molecular flexibility index (Phi) is 18.3. The van der Waals surface area contributed by atoms with E-state index in [0.717, 1.165) is 39.2 Å². The number of benzene rings is 2. The number of anilines is 2. The van der Waals surface area contributed by atoms with E-state index in [2.05, 4.69) is 54.4 Å². The highest BCUT2D eigenvalue weighted by atomic mass is 16.6. The summed E-state index contributed by atoms with van der Waals surface area (Å²) < 4.78 is 15.9. The summed E-state index contributed by atoms with van der Waals surface area (Å²) in [5.74, 6) is 3.63. The second-order valence-corrected chi connectivity index (χ2v) is 18.4. The highest BCUT2D eigenvalue weighted by Gasteiger charge is 2.24. The zero-order valence-electron chi connectivity index (χ0n) is 43.1. The number of esters is 1. The Labute approximate surface area is 441 Å². The topological polar surface area (TPSA) is 223 Å². The number of carbonyl (C=O) groups excluding carboxylic acids is 2. The van der Waals surface area contributed by atoms with Gasteiger partial charge in [0, 0.05) is 82.2 Å². The number of methoxy groups -OCH3 is 1. The molecule has 0 spiro atoms. The van der Waals surface area contributed by atoms with E-state index in [1.54, 1.807) is 55.6 Å². The van der Waals surface area contributed by atoms with Gasteiger partial charge in [-0.2, -0.15) is 0 Å². The molecular formula is C58H59N13O5. The molecule has 0 aliphatic carbocycles. The first-order valence-corrected chi connectivity index (χ1v) is 24.8. The van der Waals surface area contributed by atoms with Crippen LogP contribution in [0.15, 0.2) is 135 Å². The number of nitrogens with two attached hydrogens (primary N) is 1. The standard InChI is InChI=1S/C29H28N6O2.C26H22N6O3.C3H9N/c1-20(2)15-25(36)19-37-26-6-4-22-17-35(18-23(22)16-26)29-32-14-10-27(34-29)28-31-13-9-24(33-28)5-3-21-7-11-30-12-8-21;1-34-24(33)17-35-22-5-3-19-15-32(16-20(19)14-22)26-29-13-9-23(31-26)25-28-12-8-21(30-25)4-2-18-6-10-27-11-7-18;1-3(2)4/h3-14,16,20H,15,17-19H2,1-2H3;2-14H,15-17H2,1H3;3H,4H2,1-2H3/b5-3+;4-2+;. The lowest BCUT2D eigenvalue weighted by molar-refractivity contribution is -0.142. The molecule has 2 aromatic carbocycles. The van der Waals surface area contributed by atoms with Crippen LogP contribution in [-0.2, 0) is 40.5 Å². The van der Waals surface area contributed by atoms with Crippen LogP contribution in [0, 0.1) is 5.92 Å². The number of ketones is 1. The molecule has 0 bridgehead atoms. The molecule has 2 N–H and O–H groups in total. The highest BCUT2D eigenvalue weighted by Crippen LogP contribution is 2.31. The molecule has 2 aliphatic heterocycles. The smallest absolute Gasteiger partial charge is 0.343 e. The molecule has 0 amide bonds. The summed E-state index contributed by atoms with van der Waals surface area (Å²) in [5.41, 5.74) is 14.7. The predicted molar refractivity (Wildman–Crippen MR) is 292 cm³/mol. The SMILES string of the molecule is CC(C)CC(=O)COc1ccc2c(c1)CN(c1nccc(-c3nccc(/C=C/c4ccncc4)n3)n1)C2.CC(C)N.COC(=O)COc1ccc2c(c1)CN(c1nccc(-c3nccc(/C=C/c4ccncc4)n3)n1)C2. The number of hydrogen-bond donors (Lipinski definition) is 1. The van der Waals surface area contributed by atoms with Crippen molar-refractivity contribution < 1.29 is 23.8 Å². The van der Waals surface area contributed by atoms with E-state index in [-0.39, 0.29) is 19.0 Å². The van der Waals surface area contributed by atoms with Gasteiger partial charge in [-0.15, -0.1) is 0 Å². The van der Waals surface area contributed by atoms with Crippen molar-refractivity contribution in [2.45, 2.75) is 66.3 Å². The minimum Gasteiger partial charge on any atom is -0.486 e. The van der Waals surface area contributed by atoms with Crippen molar-refractivity contribution >= 4 is 48.0 Å². The molecule has 18 heteroatoms. The van der Waals surface area contributed by atoms with Crippen LogP contribution in [0.1, 0.15) is 78.9 Å². The molecular weight excluding hydrogens is 959 g/mol. The van der Waals surface area contributed by atoms with Crippen LogP contribution in [0.3, 0.4) is 0 Å². The molecule has 6 aromatic heterocycles. The molecule has 0 radical (unpaired) electrons. The molecule has 8 aromatic rings. The summed E-state index contributed by atoms with van der Waals surface area (Å²) in [6.45, 7) is 10.6. The van der Waals surface area contributed by atoms with Crippen molar-refractivity contribution in [1.29, 1.82) is 0 Å². The van der Waals surface area contributed by atoms with Crippen LogP contribution in [0.4, 0.5) is 11.9 Å². The van der Waals surface area contributed by atoms with Gasteiger partial charge in [0.15, 0.2) is 24.0 Å². The van der Waals surface area contributed by atoms with Gasteiger partial charge >= 0.3 is 5.97 Å². The van der Waals surface area contributed by atoms with Crippen molar-refractivity contribution in [2.24, 2.45) is 11.7 Å². The number of Topliss-reactive ketones (excluding diaryl/α,β-unsaturated/α-hetero) is 1. The maximum Gasteiger partial charge on any atom is 0.343 e. The number of aromatic nitrogens is 10. The first-order chi connectivity index (χ1) is 36.9. The van der Waals surface area contributed by atoms with Crippen LogP contribution < -0.4 is 25.0 Å². The molecule has 0 saturated carbocycles. The Balaban J connectivity index is 0.000000189. The van der Waals surface area contributed by atoms with E-state index in [9.17, 15) is 9.59 Å². The molecule has 0 atom stereocenters. The molecule has 0 fully saturated rings. The lowest BCUT2D eigenvalue weighted by Gasteiger charge is -2.15. The van der Waals surface area contributed by atoms with Crippen LogP contribution in [0.2, 0.25) is 0 Å². The van der Waals surface area contributed by atoms with Gasteiger partial charge in [-0.3, -0.25) is 14.8 Å². The number of fused-ring (bicyclic) bond motifs is 2. The Bertz CT molecular complexity index is 3280. The molecule has 0 unspecified atom stereocenters. The minimum absolute atomic E-state index is 0.0998. The minimum atomic E-state index is -0.420. The van der Waals surface area contributed by atoms with Gasteiger partial charge in [-0.1, -0.05) is 52.0 Å². The molecule has 18 nitrogen and oxygen atoms in total. The van der Waals surface area contributed by atoms with Gasteiger partial charge < -0.3 is 29.7 Å². The average Bonchev–Trinajstić information content (AvgIpc) is 4.08. The Hall–Kier alpha value is -9.16. The third kappa shape index (κ3) is 15.4. The lowest BCUT2D eigenvalue weighted by Crippen LogP contribution is -2.17. The first-order valence-electron chi connectivity index (χ1n) is 24.8. The fourth-order valence-corrected chi connectivity index (χ4v) is 7.82. The summed E-state index contributed by atoms with van der Waals surface area (Å²) in [7, 11) is 1.33. The number of nitrogens with zero attached hydrogens (tertiary/aromatic N) is 12. The summed E-state index contributed by atoms with van der Waals surface area (Å²) in [4.78, 5) is 72.2. The largest absolute Gasteiger partial charge is 0.486 e. The van der Waals surface area contributed by atoms with Crippen molar-refractivity contribution in [3.63, 3.8) is 0 Å². The van der Waals surface area contributed by atoms with E-state index < -0.39 is 5.97 Å². The second kappa shape index (κ2) is 26.2. The predicted octanol–water partition coefficient (Wildman–Crippen LogP) is 8.94. The van der Waals surface area contributed by atoms with E-state index in [1.165, 1.54) is 12.7 Å². The number of ether oxygens (including phenoxy) is 3. The van der Waals surface area contributed by atoms with Crippen LogP contribution in [-0.4, -0.2) is 88.0 Å². The second-order valence-electron chi connectivity index (χ2n) is 18.4. The zero-order chi connectivity index (χ0) is 53.2. The van der Waals surface area contributed by atoms with E-state index >= 15 is 0 Å². The molecule has 10 rings (SSSR count). The Morgan fingerprint density at radius 1 is 0.539 bits per heavy atom. The number of pyridine rings is 2. The summed E-state index contributed by atoms with van der Waals surface area (Å²) in [6.07, 6.45) is 22.3. The van der Waals surface area contributed by atoms with Gasteiger partial charge in [0.2, 0.25) is 11.9 Å². The summed E-state index contributed by atoms with van der Waals surface area (Å²) in [6, 6.07) is 27.1. The van der Waals surface area contributed by atoms with E-state index in [1.807, 2.05) is 131 Å². The van der Waals surface area contributed by atoms with Gasteiger partial charge in [0.05, 0.1) is 18.5 Å². The fraction of sp³-hybridized carbons (Fsp3) is 0.241. The molecule has 0 saturated heterocycles. The Morgan fingerprint density at radius 2 is 0.974 bits per heavy atom. The molecule has 2 aliphatic rings. The third-order valence-corrected chi connectivity index (χ3v) is 11.4. The van der Waals surface area contributed by atoms with Crippen molar-refractivity contribution in [3.05, 3.63) is 179 Å². The monoisotopic (exact) mass is 1020 g/mol. The molecule has 76 heavy (non-hydrogen) atoms. The van der Waals surface area contributed by atoms with Gasteiger partial charge in [0.1, 0.15) is 29.5 Å². The first kappa shape index (κ1) is 53.1. The number of rotatable bonds is 16. The molecule has 8 heterocycles. The van der Waals surface area contributed by atoms with Crippen LogP contribution in [0.5, 0.6) is 11.5 Å². The van der Waals surface area contributed by atoms with Crippen LogP contribution in [0.25, 0.3) is 47.3 Å². The number of carbonyl (C=O) groups is 2. The van der Waals surface area contributed by atoms with Crippen molar-refractivity contribution in [3.8, 4) is 34.5 Å². The van der Waals surface area contributed by atoms with Gasteiger partial charge in [-0.05, 0) is 130 Å². The highest BCUT2D eigenvalue weighted by molar-refractivity contribution is 5.80. The maximum atomic E-state index is 12.0. The van der Waals surface area contributed by atoms with Gasteiger partial charge in [0.25, 0.3) is 0 Å². The zero-order valence-corrected chi connectivity index (χ0v) is 43.1. The van der Waals surface area contributed by atoms with E-state index in [0.29, 0.717) is 91.0 Å². The molecule has 386 valence electrons. The quantitative estimate of drug-likeness (QED) is 0.0892. The summed E-state index contributed by atoms with van der Waals surface area (Å²) >= 11 is 0. The summed E-state index contributed by atoms with van der Waals surface area (Å²) in [5, 5.41) is 0. The maximum absolute atomic E-state index is 12.0. The Morgan fingerprint density at radius 3 is 1.42 bits per heavy atom. The van der Waals surface area contributed by atoms with Crippen molar-refractivity contribution in [1.82, 2.24) is 49.8 Å². The number of hydrogen-bond acceptors (Lipinski definition) is 18. The normalized spacial score (nSPS) is 12.5. The van der Waals surface area contributed by atoms with Gasteiger partial charge in [-0.25, -0.2) is 44.7 Å². The third-order valence-electron chi connectivity index (χ3n) is 11.4.